The molecule has 2 aromatic carbocycles. The van der Waals surface area contributed by atoms with E-state index in [1.165, 1.54) is 12.1 Å². The van der Waals surface area contributed by atoms with Crippen LogP contribution in [0.4, 0.5) is 0 Å². The predicted molar refractivity (Wildman–Crippen MR) is 138 cm³/mol. The molecule has 0 atom stereocenters. The Morgan fingerprint density at radius 3 is 2.16 bits per heavy atom. The third-order valence-electron chi connectivity index (χ3n) is 7.04. The Morgan fingerprint density at radius 1 is 0.973 bits per heavy atom. The summed E-state index contributed by atoms with van der Waals surface area (Å²) in [5.74, 6) is -0.572. The van der Waals surface area contributed by atoms with Crippen LogP contribution >= 0.6 is 11.6 Å². The van der Waals surface area contributed by atoms with E-state index in [9.17, 15) is 14.4 Å². The second kappa shape index (κ2) is 10.4. The average Bonchev–Trinajstić information content (AvgIpc) is 2.87. The number of carboxylic acids is 1. The van der Waals surface area contributed by atoms with Crippen LogP contribution in [0, 0.1) is 0 Å². The van der Waals surface area contributed by atoms with E-state index in [1.54, 1.807) is 18.2 Å². The molecule has 192 valence electrons. The van der Waals surface area contributed by atoms with Gasteiger partial charge in [-0.15, -0.1) is 0 Å². The van der Waals surface area contributed by atoms with Gasteiger partial charge in [0.2, 0.25) is 0 Å². The molecule has 0 spiro atoms. The molecule has 0 saturated heterocycles. The van der Waals surface area contributed by atoms with Crippen molar-refractivity contribution in [3.63, 3.8) is 0 Å². The number of hydrogen-bond acceptors (Lipinski definition) is 6. The molecular formula is C29H28ClNO6. The fraction of sp³-hybridized carbons (Fsp3) is 0.345. The second-order valence-electron chi connectivity index (χ2n) is 9.45. The van der Waals surface area contributed by atoms with E-state index in [0.29, 0.717) is 47.1 Å². The van der Waals surface area contributed by atoms with Crippen LogP contribution in [0.2, 0.25) is 5.02 Å². The van der Waals surface area contributed by atoms with Crippen molar-refractivity contribution >= 4 is 29.1 Å². The number of allylic oxidation sites excluding steroid dienone is 4. The first kappa shape index (κ1) is 25.1. The summed E-state index contributed by atoms with van der Waals surface area (Å²) in [6, 6.07) is 10.0. The molecular weight excluding hydrogens is 494 g/mol. The lowest BCUT2D eigenvalue weighted by atomic mass is 9.71. The molecule has 8 heteroatoms. The van der Waals surface area contributed by atoms with Crippen LogP contribution in [-0.4, -0.2) is 29.2 Å². The van der Waals surface area contributed by atoms with Crippen LogP contribution in [0.3, 0.4) is 0 Å². The number of nitrogens with one attached hydrogen (secondary N) is 1. The zero-order chi connectivity index (χ0) is 26.1. The van der Waals surface area contributed by atoms with E-state index in [4.69, 9.17) is 26.2 Å². The highest BCUT2D eigenvalue weighted by atomic mass is 35.5. The number of rotatable bonds is 7. The maximum Gasteiger partial charge on any atom is 0.335 e. The molecule has 0 radical (unpaired) electrons. The lowest BCUT2D eigenvalue weighted by molar-refractivity contribution is -0.117. The van der Waals surface area contributed by atoms with Crippen LogP contribution in [0.5, 0.6) is 11.5 Å². The van der Waals surface area contributed by atoms with Crippen molar-refractivity contribution in [2.45, 2.75) is 58.0 Å². The molecule has 0 aromatic heterocycles. The van der Waals surface area contributed by atoms with Crippen LogP contribution < -0.4 is 14.8 Å². The highest BCUT2D eigenvalue weighted by Gasteiger charge is 2.40. The summed E-state index contributed by atoms with van der Waals surface area (Å²) in [5.41, 5.74) is 4.84. The summed E-state index contributed by atoms with van der Waals surface area (Å²) in [6.07, 6.45) is 4.05. The minimum atomic E-state index is -0.993. The molecule has 5 rings (SSSR count). The molecule has 0 unspecified atom stereocenters. The van der Waals surface area contributed by atoms with Crippen LogP contribution in [0.1, 0.15) is 72.9 Å². The van der Waals surface area contributed by atoms with Gasteiger partial charge in [-0.3, -0.25) is 9.59 Å². The fourth-order valence-corrected chi connectivity index (χ4v) is 5.65. The summed E-state index contributed by atoms with van der Waals surface area (Å²) in [4.78, 5) is 37.4. The molecule has 0 amide bonds. The first-order valence-corrected chi connectivity index (χ1v) is 13.0. The van der Waals surface area contributed by atoms with Crippen molar-refractivity contribution in [2.24, 2.45) is 0 Å². The smallest absolute Gasteiger partial charge is 0.335 e. The minimum Gasteiger partial charge on any atom is -0.490 e. The van der Waals surface area contributed by atoms with Gasteiger partial charge in [0.25, 0.3) is 0 Å². The Bertz CT molecular complexity index is 1300. The predicted octanol–water partition coefficient (Wildman–Crippen LogP) is 5.72. The van der Waals surface area contributed by atoms with Gasteiger partial charge in [-0.05, 0) is 68.0 Å². The number of ketones is 2. The lowest BCUT2D eigenvalue weighted by Crippen LogP contribution is -2.36. The van der Waals surface area contributed by atoms with E-state index in [-0.39, 0.29) is 23.7 Å². The van der Waals surface area contributed by atoms with Crippen molar-refractivity contribution in [2.75, 3.05) is 6.61 Å². The summed E-state index contributed by atoms with van der Waals surface area (Å²) in [6.45, 7) is 2.39. The molecule has 2 N–H and O–H groups in total. The SMILES string of the molecule is CCOc1cc(C2C3=C(CCCC3=O)NC3=C2C(=O)CCC3)cc(Cl)c1OCc1ccc(C(=O)O)cc1. The molecule has 0 bridgehead atoms. The molecule has 2 aliphatic carbocycles. The normalized spacial score (nSPS) is 17.8. The Hall–Kier alpha value is -3.58. The number of carbonyl (C=O) groups excluding carboxylic acids is 2. The van der Waals surface area contributed by atoms with E-state index in [2.05, 4.69) is 5.32 Å². The standard InChI is InChI=1S/C29H28ClNO6/c1-2-36-24-14-18(13-19(30)28(24)37-15-16-9-11-17(12-10-16)29(34)35)25-26-20(5-3-7-22(26)32)31-21-6-4-8-23(33)27(21)25/h9-14,25,31H,2-8,15H2,1H3,(H,34,35). The van der Waals surface area contributed by atoms with Gasteiger partial charge < -0.3 is 19.9 Å². The molecule has 1 heterocycles. The molecule has 37 heavy (non-hydrogen) atoms. The molecule has 0 fully saturated rings. The third kappa shape index (κ3) is 4.88. The number of dihydropyridines is 1. The van der Waals surface area contributed by atoms with Gasteiger partial charge >= 0.3 is 5.97 Å². The van der Waals surface area contributed by atoms with Gasteiger partial charge in [0.1, 0.15) is 6.61 Å². The quantitative estimate of drug-likeness (QED) is 0.480. The van der Waals surface area contributed by atoms with Crippen molar-refractivity contribution < 1.29 is 29.0 Å². The van der Waals surface area contributed by atoms with E-state index < -0.39 is 11.9 Å². The van der Waals surface area contributed by atoms with E-state index >= 15 is 0 Å². The zero-order valence-corrected chi connectivity index (χ0v) is 21.3. The van der Waals surface area contributed by atoms with Gasteiger partial charge in [-0.2, -0.15) is 0 Å². The third-order valence-corrected chi connectivity index (χ3v) is 7.32. The van der Waals surface area contributed by atoms with E-state index in [1.807, 2.05) is 13.0 Å². The highest BCUT2D eigenvalue weighted by molar-refractivity contribution is 6.32. The summed E-state index contributed by atoms with van der Waals surface area (Å²) >= 11 is 6.75. The molecule has 0 saturated carbocycles. The first-order valence-electron chi connectivity index (χ1n) is 12.6. The largest absolute Gasteiger partial charge is 0.490 e. The Kier molecular flexibility index (Phi) is 7.07. The topological polar surface area (TPSA) is 102 Å². The van der Waals surface area contributed by atoms with Crippen molar-refractivity contribution in [1.82, 2.24) is 5.32 Å². The monoisotopic (exact) mass is 521 g/mol. The number of aromatic carboxylic acids is 1. The average molecular weight is 522 g/mol. The van der Waals surface area contributed by atoms with Gasteiger partial charge in [0.05, 0.1) is 17.2 Å². The van der Waals surface area contributed by atoms with Crippen molar-refractivity contribution in [3.05, 3.63) is 80.7 Å². The van der Waals surface area contributed by atoms with Gasteiger partial charge in [0.15, 0.2) is 23.1 Å². The number of hydrogen-bond donors (Lipinski definition) is 2. The summed E-state index contributed by atoms with van der Waals surface area (Å²) in [5, 5.41) is 12.9. The van der Waals surface area contributed by atoms with Crippen molar-refractivity contribution in [3.8, 4) is 11.5 Å². The minimum absolute atomic E-state index is 0.0582. The van der Waals surface area contributed by atoms with Crippen LogP contribution in [0.15, 0.2) is 58.9 Å². The zero-order valence-electron chi connectivity index (χ0n) is 20.6. The Balaban J connectivity index is 1.52. The number of benzene rings is 2. The van der Waals surface area contributed by atoms with Gasteiger partial charge in [0, 0.05) is 41.3 Å². The summed E-state index contributed by atoms with van der Waals surface area (Å²) < 4.78 is 11.9. The second-order valence-corrected chi connectivity index (χ2v) is 9.86. The number of carboxylic acid groups (broad SMARTS) is 1. The first-order chi connectivity index (χ1) is 17.9. The highest BCUT2D eigenvalue weighted by Crippen LogP contribution is 2.48. The van der Waals surface area contributed by atoms with E-state index in [0.717, 1.165) is 48.2 Å². The van der Waals surface area contributed by atoms with Crippen LogP contribution in [-0.2, 0) is 16.2 Å². The summed E-state index contributed by atoms with van der Waals surface area (Å²) in [7, 11) is 0. The van der Waals surface area contributed by atoms with Gasteiger partial charge in [-0.1, -0.05) is 23.7 Å². The van der Waals surface area contributed by atoms with Crippen LogP contribution in [0.25, 0.3) is 0 Å². The maximum absolute atomic E-state index is 13.1. The Labute approximate surface area is 220 Å². The number of carbonyl (C=O) groups is 3. The lowest BCUT2D eigenvalue weighted by Gasteiger charge is -2.37. The number of Topliss-reactive ketones (excluding diaryl/α,β-unsaturated/α-hetero) is 2. The van der Waals surface area contributed by atoms with Gasteiger partial charge in [-0.25, -0.2) is 4.79 Å². The number of ether oxygens (including phenoxy) is 2. The maximum atomic E-state index is 13.1. The molecule has 1 aliphatic heterocycles. The number of halogens is 1. The van der Waals surface area contributed by atoms with Crippen molar-refractivity contribution in [1.29, 1.82) is 0 Å². The molecule has 2 aromatic rings. The Morgan fingerprint density at radius 2 is 1.59 bits per heavy atom. The fourth-order valence-electron chi connectivity index (χ4n) is 5.37. The molecule has 3 aliphatic rings. The molecule has 7 nitrogen and oxygen atoms in total.